The first-order valence-corrected chi connectivity index (χ1v) is 4.90. The summed E-state index contributed by atoms with van der Waals surface area (Å²) in [5, 5.41) is 0. The molecule has 0 aromatic rings. The first-order chi connectivity index (χ1) is 4.00. The van der Waals surface area contributed by atoms with Gasteiger partial charge in [-0.2, -0.15) is 0 Å². The molecule has 0 aliphatic heterocycles. The van der Waals surface area contributed by atoms with Crippen LogP contribution in [0.4, 0.5) is 0 Å². The Morgan fingerprint density at radius 1 is 0.500 bits per heavy atom. The van der Waals surface area contributed by atoms with Gasteiger partial charge in [-0.3, -0.25) is 0 Å². The van der Waals surface area contributed by atoms with E-state index in [2.05, 4.69) is 0 Å². The molecule has 0 amide bonds. The van der Waals surface area contributed by atoms with E-state index in [9.17, 15) is 0 Å². The molecule has 0 rings (SSSR count). The normalized spacial score (nSPS) is 10.0. The van der Waals surface area contributed by atoms with Crippen LogP contribution < -0.4 is 38.4 Å². The molecule has 0 saturated carbocycles. The van der Waals surface area contributed by atoms with Crippen molar-refractivity contribution in [2.24, 2.45) is 0 Å². The summed E-state index contributed by atoms with van der Waals surface area (Å²) < 4.78 is 0. The average Bonchev–Trinajstić information content (AvgIpc) is 1.12. The Balaban J connectivity index is -0.0000000457. The van der Waals surface area contributed by atoms with Gasteiger partial charge in [0.2, 0.25) is 0 Å². The molecule has 0 N–H and O–H groups in total. The van der Waals surface area contributed by atoms with Crippen LogP contribution in [-0.4, -0.2) is 42.0 Å². The maximum Gasteiger partial charge on any atom is 4.00 e. The molecular weight excluding hydrogens is 394 g/mol. The fraction of sp³-hybridized carbons (Fsp3) is 0. The van der Waals surface area contributed by atoms with Gasteiger partial charge in [0.05, 0.1) is 0 Å². The predicted octanol–water partition coefficient (Wildman–Crippen LogP) is -10.7. The van der Waals surface area contributed by atoms with Gasteiger partial charge < -0.3 is 56.5 Å². The van der Waals surface area contributed by atoms with E-state index in [-0.39, 0.29) is 50.1 Å². The summed E-state index contributed by atoms with van der Waals surface area (Å²) in [7, 11) is -11.2. The molecule has 0 aliphatic carbocycles. The van der Waals surface area contributed by atoms with Crippen molar-refractivity contribution in [2.75, 3.05) is 0 Å². The number of hydrogen-bond donors (Lipinski definition) is 0. The second kappa shape index (κ2) is 9.35. The third-order valence-electron chi connectivity index (χ3n) is 0. The summed E-state index contributed by atoms with van der Waals surface area (Å²) in [6.45, 7) is 0. The summed E-state index contributed by atoms with van der Waals surface area (Å²) >= 11 is 0. The summed E-state index contributed by atoms with van der Waals surface area (Å²) in [5.74, 6) is 0. The van der Waals surface area contributed by atoms with Crippen LogP contribution in [0.25, 0.3) is 0 Å². The minimum atomic E-state index is -5.61. The van der Waals surface area contributed by atoms with Gasteiger partial charge in [0, 0.05) is 0 Å². The predicted molar refractivity (Wildman–Crippen MR) is 17.3 cm³/mol. The van der Waals surface area contributed by atoms with Crippen LogP contribution in [0.1, 0.15) is 0 Å². The molecule has 0 spiro atoms. The summed E-state index contributed by atoms with van der Waals surface area (Å²) in [5.41, 5.74) is 0. The standard InChI is InChI=1S/2O4Si.Sn.Zr/c2*1-5(2,3)4;;/q2*-4;2*+4. The van der Waals surface area contributed by atoms with Crippen LogP contribution in [0.2, 0.25) is 0 Å². The first kappa shape index (κ1) is 23.5. The summed E-state index contributed by atoms with van der Waals surface area (Å²) in [4.78, 5) is 68.6. The Kier molecular flexibility index (Phi) is 18.4. The van der Waals surface area contributed by atoms with E-state index in [1.54, 1.807) is 0 Å². The van der Waals surface area contributed by atoms with Gasteiger partial charge in [0.1, 0.15) is 0 Å². The van der Waals surface area contributed by atoms with Gasteiger partial charge in [0.25, 0.3) is 0 Å². The van der Waals surface area contributed by atoms with Crippen molar-refractivity contribution < 1.29 is 64.6 Å². The van der Waals surface area contributed by atoms with E-state index in [1.807, 2.05) is 0 Å². The zero-order chi connectivity index (χ0) is 9.00. The minimum Gasteiger partial charge on any atom is -0.894 e. The summed E-state index contributed by atoms with van der Waals surface area (Å²) in [6.07, 6.45) is 0. The van der Waals surface area contributed by atoms with Crippen molar-refractivity contribution in [3.05, 3.63) is 0 Å². The van der Waals surface area contributed by atoms with E-state index >= 15 is 0 Å². The molecule has 0 unspecified atom stereocenters. The molecule has 0 bridgehead atoms. The topological polar surface area (TPSA) is 184 Å². The first-order valence-electron chi connectivity index (χ1n) is 1.63. The van der Waals surface area contributed by atoms with E-state index in [0.717, 1.165) is 0 Å². The van der Waals surface area contributed by atoms with Gasteiger partial charge in [-0.1, -0.05) is 0 Å². The third kappa shape index (κ3) is 426. The molecule has 8 nitrogen and oxygen atoms in total. The zero-order valence-corrected chi connectivity index (χ0v) is 12.6. The maximum atomic E-state index is 8.58. The smallest absolute Gasteiger partial charge is 0.894 e. The molecule has 0 saturated heterocycles. The van der Waals surface area contributed by atoms with Gasteiger partial charge in [-0.25, -0.2) is 0 Å². The quantitative estimate of drug-likeness (QED) is 0.363. The van der Waals surface area contributed by atoms with Crippen LogP contribution in [0.15, 0.2) is 0 Å². The van der Waals surface area contributed by atoms with E-state index in [1.165, 1.54) is 0 Å². The van der Waals surface area contributed by atoms with E-state index in [4.69, 9.17) is 38.4 Å². The molecular formula is O8Si2SnZr. The Bertz CT molecular complexity index is 60.0. The van der Waals surface area contributed by atoms with E-state index < -0.39 is 18.1 Å². The Morgan fingerprint density at radius 3 is 0.500 bits per heavy atom. The average molecular weight is 394 g/mol. The van der Waals surface area contributed by atoms with Crippen LogP contribution >= 0.6 is 0 Å². The molecule has 12 heteroatoms. The zero-order valence-electron chi connectivity index (χ0n) is 5.27. The largest absolute Gasteiger partial charge is 4.00 e. The number of rotatable bonds is 0. The summed E-state index contributed by atoms with van der Waals surface area (Å²) in [6, 6.07) is 0. The SMILES string of the molecule is [O-][Si]([O-])([O-])[O-].[O-][Si]([O-])([O-])[O-].[Sn+4].[Zr+4]. The van der Waals surface area contributed by atoms with E-state index in [0.29, 0.717) is 0 Å². The van der Waals surface area contributed by atoms with Crippen LogP contribution in [-0.2, 0) is 26.2 Å². The van der Waals surface area contributed by atoms with Crippen molar-refractivity contribution in [3.8, 4) is 0 Å². The molecule has 0 radical (unpaired) electrons. The molecule has 0 aromatic heterocycles. The van der Waals surface area contributed by atoms with Crippen molar-refractivity contribution in [2.45, 2.75) is 0 Å². The fourth-order valence-corrected chi connectivity index (χ4v) is 0. The second-order valence-electron chi connectivity index (χ2n) is 1.00. The fourth-order valence-electron chi connectivity index (χ4n) is 0. The Hall–Kier alpha value is 1.80. The third-order valence-corrected chi connectivity index (χ3v) is 0. The Labute approximate surface area is 106 Å². The molecule has 64 valence electrons. The molecule has 0 atom stereocenters. The molecule has 12 heavy (non-hydrogen) atoms. The molecule has 0 fully saturated rings. The minimum absolute atomic E-state index is 0. The second-order valence-corrected chi connectivity index (χ2v) is 3.00. The van der Waals surface area contributed by atoms with Gasteiger partial charge in [-0.15, -0.1) is 0 Å². The molecule has 0 aromatic carbocycles. The number of hydrogen-bond acceptors (Lipinski definition) is 8. The van der Waals surface area contributed by atoms with Gasteiger partial charge >= 0.3 is 50.1 Å². The van der Waals surface area contributed by atoms with Gasteiger partial charge in [-0.05, 0) is 0 Å². The van der Waals surface area contributed by atoms with Crippen LogP contribution in [0.5, 0.6) is 0 Å². The van der Waals surface area contributed by atoms with Crippen molar-refractivity contribution >= 4 is 42.0 Å². The van der Waals surface area contributed by atoms with Crippen LogP contribution in [0, 0.1) is 0 Å². The van der Waals surface area contributed by atoms with Gasteiger partial charge in [0.15, 0.2) is 0 Å². The van der Waals surface area contributed by atoms with Crippen molar-refractivity contribution in [3.63, 3.8) is 0 Å². The van der Waals surface area contributed by atoms with Crippen LogP contribution in [0.3, 0.4) is 0 Å². The van der Waals surface area contributed by atoms with Crippen molar-refractivity contribution in [1.82, 2.24) is 0 Å². The molecule has 0 heterocycles. The molecule has 0 aliphatic rings. The monoisotopic (exact) mass is 394 g/mol. The maximum absolute atomic E-state index is 8.58. The van der Waals surface area contributed by atoms with Crippen molar-refractivity contribution in [1.29, 1.82) is 0 Å². The Morgan fingerprint density at radius 2 is 0.500 bits per heavy atom.